The monoisotopic (exact) mass is 622 g/mol. The highest BCUT2D eigenvalue weighted by atomic mass is 32.1. The Kier molecular flexibility index (Phi) is 8.82. The third-order valence-electron chi connectivity index (χ3n) is 4.99. The van der Waals surface area contributed by atoms with Gasteiger partial charge in [0.1, 0.15) is 45.5 Å². The minimum absolute atomic E-state index is 0.00226. The van der Waals surface area contributed by atoms with E-state index in [4.69, 9.17) is 18.9 Å². The summed E-state index contributed by atoms with van der Waals surface area (Å²) in [6.07, 6.45) is -2.65. The predicted molar refractivity (Wildman–Crippen MR) is 154 cm³/mol. The summed E-state index contributed by atoms with van der Waals surface area (Å²) in [6, 6.07) is 5.92. The van der Waals surface area contributed by atoms with Crippen molar-refractivity contribution in [3.05, 3.63) is 45.9 Å². The van der Waals surface area contributed by atoms with E-state index in [-0.39, 0.29) is 35.6 Å². The predicted octanol–water partition coefficient (Wildman–Crippen LogP) is 7.73. The molecule has 0 spiro atoms. The lowest BCUT2D eigenvalue weighted by Gasteiger charge is -2.19. The number of hydrogen-bond donors (Lipinski definition) is 2. The first kappa shape index (κ1) is 30.8. The summed E-state index contributed by atoms with van der Waals surface area (Å²) in [5, 5.41) is 5.29. The first-order valence-corrected chi connectivity index (χ1v) is 14.2. The molecule has 15 heteroatoms. The average molecular weight is 623 g/mol. The van der Waals surface area contributed by atoms with Gasteiger partial charge in [-0.15, -0.1) is 22.7 Å². The highest BCUT2D eigenvalue weighted by Crippen LogP contribution is 2.31. The fourth-order valence-corrected chi connectivity index (χ4v) is 5.20. The van der Waals surface area contributed by atoms with Gasteiger partial charge >= 0.3 is 18.3 Å². The zero-order chi connectivity index (χ0) is 30.8. The molecule has 4 rings (SSSR count). The Bertz CT molecular complexity index is 1540. The van der Waals surface area contributed by atoms with Crippen molar-refractivity contribution >= 4 is 72.8 Å². The number of nitrogens with one attached hydrogen (secondary N) is 2. The number of carbonyl (C=O) groups is 3. The van der Waals surface area contributed by atoms with E-state index in [9.17, 15) is 23.2 Å². The molecule has 2 aromatic heterocycles. The fourth-order valence-electron chi connectivity index (χ4n) is 3.44. The van der Waals surface area contributed by atoms with Crippen LogP contribution in [0.1, 0.15) is 51.6 Å². The molecule has 2 heterocycles. The smallest absolute Gasteiger partial charge is 0.444 e. The van der Waals surface area contributed by atoms with E-state index in [1.54, 1.807) is 53.7 Å². The second-order valence-electron chi connectivity index (χ2n) is 10.8. The van der Waals surface area contributed by atoms with Crippen LogP contribution in [0.5, 0.6) is 0 Å². The largest absolute Gasteiger partial charge is 0.509 e. The molecule has 0 aliphatic rings. The van der Waals surface area contributed by atoms with Gasteiger partial charge < -0.3 is 18.9 Å². The molecule has 0 unspecified atom stereocenters. The summed E-state index contributed by atoms with van der Waals surface area (Å²) < 4.78 is 51.3. The molecule has 0 saturated carbocycles. The van der Waals surface area contributed by atoms with Crippen LogP contribution >= 0.6 is 22.7 Å². The molecular weight excluding hydrogens is 594 g/mol. The normalized spacial score (nSPS) is 11.8. The number of halogens is 2. The second kappa shape index (κ2) is 12.0. The molecule has 0 aliphatic carbocycles. The standard InChI is InChI=1S/C27H28F2N4O7S2/c1-26(2,3)39-23(34)30-13-7-9-15-21(19(13)28)32-17(41-15)11-37-25(36)38-12-18-33-22-16(42-18)10-8-14(20(22)29)31-24(35)40-27(4,5)6/h7-10H,11-12H2,1-6H3,(H,30,34)(H,31,35). The van der Waals surface area contributed by atoms with Crippen LogP contribution in [-0.4, -0.2) is 39.5 Å². The number of ether oxygens (including phenoxy) is 4. The van der Waals surface area contributed by atoms with Crippen LogP contribution in [0, 0.1) is 11.6 Å². The van der Waals surface area contributed by atoms with Crippen LogP contribution < -0.4 is 10.6 Å². The van der Waals surface area contributed by atoms with Gasteiger partial charge in [0, 0.05) is 0 Å². The Morgan fingerprint density at radius 1 is 0.714 bits per heavy atom. The Labute approximate surface area is 247 Å². The Hall–Kier alpha value is -4.11. The molecule has 42 heavy (non-hydrogen) atoms. The summed E-state index contributed by atoms with van der Waals surface area (Å²) in [5.41, 5.74) is -1.71. The molecular formula is C27H28F2N4O7S2. The van der Waals surface area contributed by atoms with Gasteiger partial charge in [-0.1, -0.05) is 0 Å². The number of carbonyl (C=O) groups excluding carboxylic acids is 3. The summed E-state index contributed by atoms with van der Waals surface area (Å²) >= 11 is 2.20. The van der Waals surface area contributed by atoms with Crippen LogP contribution in [0.2, 0.25) is 0 Å². The van der Waals surface area contributed by atoms with E-state index in [0.29, 0.717) is 19.4 Å². The van der Waals surface area contributed by atoms with Crippen molar-refractivity contribution in [2.75, 3.05) is 10.6 Å². The molecule has 224 valence electrons. The van der Waals surface area contributed by atoms with E-state index in [1.807, 2.05) is 0 Å². The third kappa shape index (κ3) is 8.00. The van der Waals surface area contributed by atoms with Gasteiger partial charge in [-0.2, -0.15) is 0 Å². The van der Waals surface area contributed by atoms with Crippen molar-refractivity contribution < 1.29 is 42.1 Å². The summed E-state index contributed by atoms with van der Waals surface area (Å²) in [5.74, 6) is -1.51. The minimum atomic E-state index is -1.03. The lowest BCUT2D eigenvalue weighted by atomic mass is 10.2. The SMILES string of the molecule is CC(C)(C)OC(=O)Nc1ccc2sc(COC(=O)OCc3nc4c(F)c(NC(=O)OC(C)(C)C)ccc4s3)nc2c1F. The van der Waals surface area contributed by atoms with Gasteiger partial charge in [-0.05, 0) is 65.8 Å². The first-order chi connectivity index (χ1) is 19.6. The maximum Gasteiger partial charge on any atom is 0.509 e. The third-order valence-corrected chi connectivity index (χ3v) is 6.97. The number of amides is 2. The molecule has 0 radical (unpaired) electrons. The number of rotatable bonds is 6. The topological polar surface area (TPSA) is 138 Å². The van der Waals surface area contributed by atoms with E-state index >= 15 is 0 Å². The second-order valence-corrected chi connectivity index (χ2v) is 13.1. The summed E-state index contributed by atoms with van der Waals surface area (Å²) in [7, 11) is 0. The maximum atomic E-state index is 14.9. The molecule has 11 nitrogen and oxygen atoms in total. The Morgan fingerprint density at radius 3 is 1.45 bits per heavy atom. The van der Waals surface area contributed by atoms with Crippen LogP contribution in [0.25, 0.3) is 20.4 Å². The van der Waals surface area contributed by atoms with Gasteiger partial charge in [0.2, 0.25) is 0 Å². The number of nitrogens with zero attached hydrogens (tertiary/aromatic N) is 2. The van der Waals surface area contributed by atoms with Gasteiger partial charge in [0.15, 0.2) is 11.6 Å². The highest BCUT2D eigenvalue weighted by molar-refractivity contribution is 7.18. The lowest BCUT2D eigenvalue weighted by molar-refractivity contribution is 0.0445. The maximum absolute atomic E-state index is 14.9. The van der Waals surface area contributed by atoms with Crippen LogP contribution in [0.4, 0.5) is 34.5 Å². The van der Waals surface area contributed by atoms with Crippen molar-refractivity contribution in [3.8, 4) is 0 Å². The first-order valence-electron chi connectivity index (χ1n) is 12.5. The number of benzene rings is 2. The number of hydrogen-bond acceptors (Lipinski definition) is 11. The zero-order valence-corrected chi connectivity index (χ0v) is 25.2. The van der Waals surface area contributed by atoms with Gasteiger partial charge in [-0.3, -0.25) is 10.6 Å². The lowest BCUT2D eigenvalue weighted by Crippen LogP contribution is -2.27. The molecule has 2 amide bonds. The fraction of sp³-hybridized carbons (Fsp3) is 0.370. The van der Waals surface area contributed by atoms with Crippen LogP contribution in [0.3, 0.4) is 0 Å². The number of aromatic nitrogens is 2. The van der Waals surface area contributed by atoms with Crippen molar-refractivity contribution in [1.29, 1.82) is 0 Å². The van der Waals surface area contributed by atoms with Crippen molar-refractivity contribution in [3.63, 3.8) is 0 Å². The Balaban J connectivity index is 1.33. The van der Waals surface area contributed by atoms with Gasteiger partial charge in [0.05, 0.1) is 20.8 Å². The van der Waals surface area contributed by atoms with Crippen LogP contribution in [-0.2, 0) is 32.2 Å². The van der Waals surface area contributed by atoms with Crippen molar-refractivity contribution in [2.24, 2.45) is 0 Å². The molecule has 4 aromatic rings. The molecule has 0 fully saturated rings. The highest BCUT2D eigenvalue weighted by Gasteiger charge is 2.21. The molecule has 2 N–H and O–H groups in total. The molecule has 0 aliphatic heterocycles. The zero-order valence-electron chi connectivity index (χ0n) is 23.5. The van der Waals surface area contributed by atoms with Crippen LogP contribution in [0.15, 0.2) is 24.3 Å². The average Bonchev–Trinajstić information content (AvgIpc) is 3.47. The molecule has 0 saturated heterocycles. The summed E-state index contributed by atoms with van der Waals surface area (Å²) in [6.45, 7) is 9.54. The number of thiazole rings is 2. The van der Waals surface area contributed by atoms with E-state index in [1.165, 1.54) is 12.1 Å². The number of fused-ring (bicyclic) bond motifs is 2. The van der Waals surface area contributed by atoms with Gasteiger partial charge in [0.25, 0.3) is 0 Å². The van der Waals surface area contributed by atoms with E-state index < -0.39 is 41.2 Å². The molecule has 2 aromatic carbocycles. The summed E-state index contributed by atoms with van der Waals surface area (Å²) in [4.78, 5) is 44.5. The minimum Gasteiger partial charge on any atom is -0.444 e. The van der Waals surface area contributed by atoms with Crippen molar-refractivity contribution in [1.82, 2.24) is 9.97 Å². The van der Waals surface area contributed by atoms with E-state index in [2.05, 4.69) is 20.6 Å². The molecule has 0 bridgehead atoms. The van der Waals surface area contributed by atoms with Crippen molar-refractivity contribution in [2.45, 2.75) is 66.0 Å². The Morgan fingerprint density at radius 2 is 1.10 bits per heavy atom. The van der Waals surface area contributed by atoms with E-state index in [0.717, 1.165) is 22.7 Å². The quantitative estimate of drug-likeness (QED) is 0.163. The number of anilines is 2. The van der Waals surface area contributed by atoms with Gasteiger partial charge in [-0.25, -0.2) is 33.1 Å². The molecule has 0 atom stereocenters.